The van der Waals surface area contributed by atoms with Crippen LogP contribution < -0.4 is 9.64 Å². The third-order valence-corrected chi connectivity index (χ3v) is 5.52. The SMILES string of the molecule is Cc1ccc(OCC(=O)N(CCCN(C)C)c2nc3ccc(Cl)cc3s2)cc1.Cl. The molecule has 0 spiro atoms. The normalized spacial score (nSPS) is 10.8. The average Bonchev–Trinajstić information content (AvgIpc) is 3.07. The quantitative estimate of drug-likeness (QED) is 0.478. The third-order valence-electron chi connectivity index (χ3n) is 4.24. The van der Waals surface area contributed by atoms with Crippen LogP contribution in [-0.2, 0) is 4.79 Å². The number of ether oxygens (including phenoxy) is 1. The molecule has 8 heteroatoms. The molecular formula is C21H25Cl2N3O2S. The molecule has 0 saturated heterocycles. The highest BCUT2D eigenvalue weighted by Crippen LogP contribution is 2.31. The smallest absolute Gasteiger partial charge is 0.266 e. The number of hydrogen-bond donors (Lipinski definition) is 0. The maximum Gasteiger partial charge on any atom is 0.266 e. The summed E-state index contributed by atoms with van der Waals surface area (Å²) < 4.78 is 6.67. The second-order valence-electron chi connectivity index (χ2n) is 6.91. The molecule has 156 valence electrons. The lowest BCUT2D eigenvalue weighted by molar-refractivity contribution is -0.120. The predicted octanol–water partition coefficient (Wildman–Crippen LogP) is 5.04. The molecule has 0 aliphatic heterocycles. The van der Waals surface area contributed by atoms with Crippen molar-refractivity contribution in [1.29, 1.82) is 0 Å². The zero-order valence-corrected chi connectivity index (χ0v) is 19.1. The number of rotatable bonds is 8. The van der Waals surface area contributed by atoms with Crippen molar-refractivity contribution in [3.8, 4) is 5.75 Å². The van der Waals surface area contributed by atoms with E-state index in [9.17, 15) is 4.79 Å². The topological polar surface area (TPSA) is 45.7 Å². The number of aromatic nitrogens is 1. The third kappa shape index (κ3) is 6.57. The fourth-order valence-electron chi connectivity index (χ4n) is 2.73. The lowest BCUT2D eigenvalue weighted by atomic mass is 10.2. The highest BCUT2D eigenvalue weighted by Gasteiger charge is 2.20. The second kappa shape index (κ2) is 10.8. The predicted molar refractivity (Wildman–Crippen MR) is 124 cm³/mol. The summed E-state index contributed by atoms with van der Waals surface area (Å²) in [7, 11) is 4.04. The summed E-state index contributed by atoms with van der Waals surface area (Å²) in [5.74, 6) is 0.577. The van der Waals surface area contributed by atoms with Crippen LogP contribution in [0.4, 0.5) is 5.13 Å². The van der Waals surface area contributed by atoms with Crippen molar-refractivity contribution in [3.63, 3.8) is 0 Å². The average molecular weight is 454 g/mol. The van der Waals surface area contributed by atoms with Crippen LogP contribution >= 0.6 is 35.3 Å². The highest BCUT2D eigenvalue weighted by molar-refractivity contribution is 7.22. The van der Waals surface area contributed by atoms with Crippen LogP contribution in [0.2, 0.25) is 5.02 Å². The number of amides is 1. The van der Waals surface area contributed by atoms with E-state index < -0.39 is 0 Å². The van der Waals surface area contributed by atoms with Crippen molar-refractivity contribution in [2.75, 3.05) is 38.7 Å². The Morgan fingerprint density at radius 1 is 1.14 bits per heavy atom. The van der Waals surface area contributed by atoms with Gasteiger partial charge in [-0.25, -0.2) is 4.98 Å². The number of thiazole rings is 1. The summed E-state index contributed by atoms with van der Waals surface area (Å²) in [4.78, 5) is 21.4. The van der Waals surface area contributed by atoms with E-state index in [2.05, 4.69) is 9.88 Å². The first-order valence-corrected chi connectivity index (χ1v) is 10.3. The molecule has 1 aromatic heterocycles. The van der Waals surface area contributed by atoms with Gasteiger partial charge in [-0.15, -0.1) is 12.4 Å². The molecule has 0 radical (unpaired) electrons. The van der Waals surface area contributed by atoms with Gasteiger partial charge in [0.2, 0.25) is 0 Å². The zero-order chi connectivity index (χ0) is 20.1. The van der Waals surface area contributed by atoms with E-state index in [1.54, 1.807) is 4.90 Å². The molecule has 5 nitrogen and oxygen atoms in total. The van der Waals surface area contributed by atoms with Gasteiger partial charge in [-0.05, 0) is 64.3 Å². The Balaban J connectivity index is 0.00000300. The van der Waals surface area contributed by atoms with Gasteiger partial charge in [0.05, 0.1) is 10.2 Å². The Bertz CT molecular complexity index is 945. The van der Waals surface area contributed by atoms with E-state index in [1.165, 1.54) is 11.3 Å². The molecule has 0 unspecified atom stereocenters. The van der Waals surface area contributed by atoms with Crippen LogP contribution in [0.25, 0.3) is 10.2 Å². The summed E-state index contributed by atoms with van der Waals surface area (Å²) in [5.41, 5.74) is 1.99. The summed E-state index contributed by atoms with van der Waals surface area (Å²) in [6.45, 7) is 3.46. The fourth-order valence-corrected chi connectivity index (χ4v) is 4.02. The minimum absolute atomic E-state index is 0. The number of carbonyl (C=O) groups is 1. The Morgan fingerprint density at radius 3 is 2.55 bits per heavy atom. The number of fused-ring (bicyclic) bond motifs is 1. The van der Waals surface area contributed by atoms with Gasteiger partial charge in [0, 0.05) is 11.6 Å². The van der Waals surface area contributed by atoms with E-state index in [-0.39, 0.29) is 24.9 Å². The first-order chi connectivity index (χ1) is 13.4. The number of hydrogen-bond acceptors (Lipinski definition) is 5. The maximum atomic E-state index is 12.9. The molecule has 0 bridgehead atoms. The van der Waals surface area contributed by atoms with Crippen LogP contribution in [0.15, 0.2) is 42.5 Å². The van der Waals surface area contributed by atoms with Gasteiger partial charge in [0.25, 0.3) is 5.91 Å². The fraction of sp³-hybridized carbons (Fsp3) is 0.333. The molecule has 2 aromatic carbocycles. The number of anilines is 1. The molecule has 3 rings (SSSR count). The molecule has 1 amide bonds. The molecule has 3 aromatic rings. The summed E-state index contributed by atoms with van der Waals surface area (Å²) in [6, 6.07) is 13.2. The van der Waals surface area contributed by atoms with Crippen LogP contribution in [0.1, 0.15) is 12.0 Å². The lowest BCUT2D eigenvalue weighted by Crippen LogP contribution is -2.36. The van der Waals surface area contributed by atoms with E-state index in [1.807, 2.05) is 63.5 Å². The number of benzene rings is 2. The van der Waals surface area contributed by atoms with Gasteiger partial charge in [-0.1, -0.05) is 40.6 Å². The van der Waals surface area contributed by atoms with Gasteiger partial charge < -0.3 is 9.64 Å². The lowest BCUT2D eigenvalue weighted by Gasteiger charge is -2.21. The van der Waals surface area contributed by atoms with Crippen LogP contribution in [-0.4, -0.2) is 49.6 Å². The first kappa shape index (κ1) is 23.4. The first-order valence-electron chi connectivity index (χ1n) is 9.13. The van der Waals surface area contributed by atoms with Crippen molar-refractivity contribution in [2.24, 2.45) is 0 Å². The maximum absolute atomic E-state index is 12.9. The Kier molecular flexibility index (Phi) is 8.71. The Hall–Kier alpha value is -1.86. The van der Waals surface area contributed by atoms with Crippen molar-refractivity contribution < 1.29 is 9.53 Å². The second-order valence-corrected chi connectivity index (χ2v) is 8.36. The van der Waals surface area contributed by atoms with E-state index in [4.69, 9.17) is 16.3 Å². The van der Waals surface area contributed by atoms with Crippen LogP contribution in [0.5, 0.6) is 5.75 Å². The molecule has 0 atom stereocenters. The standard InChI is InChI=1S/C21H24ClN3O2S.ClH/c1-15-5-8-17(9-6-15)27-14-20(26)25(12-4-11-24(2)3)21-23-18-10-7-16(22)13-19(18)28-21;/h5-10,13H,4,11-12,14H2,1-3H3;1H. The minimum Gasteiger partial charge on any atom is -0.484 e. The van der Waals surface area contributed by atoms with Gasteiger partial charge in [0.1, 0.15) is 5.75 Å². The molecule has 29 heavy (non-hydrogen) atoms. The van der Waals surface area contributed by atoms with Crippen molar-refractivity contribution in [2.45, 2.75) is 13.3 Å². The summed E-state index contributed by atoms with van der Waals surface area (Å²) >= 11 is 7.56. The van der Waals surface area contributed by atoms with Crippen LogP contribution in [0.3, 0.4) is 0 Å². The summed E-state index contributed by atoms with van der Waals surface area (Å²) in [6.07, 6.45) is 0.847. The molecule has 0 fully saturated rings. The summed E-state index contributed by atoms with van der Waals surface area (Å²) in [5, 5.41) is 1.34. The van der Waals surface area contributed by atoms with Crippen molar-refractivity contribution >= 4 is 56.6 Å². The number of halogens is 2. The number of nitrogens with zero attached hydrogens (tertiary/aromatic N) is 3. The van der Waals surface area contributed by atoms with Gasteiger partial charge >= 0.3 is 0 Å². The van der Waals surface area contributed by atoms with E-state index in [0.717, 1.165) is 28.7 Å². The number of carbonyl (C=O) groups excluding carboxylic acids is 1. The van der Waals surface area contributed by atoms with Gasteiger partial charge in [0.15, 0.2) is 11.7 Å². The molecule has 0 N–H and O–H groups in total. The van der Waals surface area contributed by atoms with Gasteiger partial charge in [-0.3, -0.25) is 9.69 Å². The van der Waals surface area contributed by atoms with Gasteiger partial charge in [-0.2, -0.15) is 0 Å². The minimum atomic E-state index is -0.107. The zero-order valence-electron chi connectivity index (χ0n) is 16.7. The van der Waals surface area contributed by atoms with E-state index in [0.29, 0.717) is 22.4 Å². The monoisotopic (exact) mass is 453 g/mol. The molecule has 0 aliphatic rings. The highest BCUT2D eigenvalue weighted by atomic mass is 35.5. The largest absolute Gasteiger partial charge is 0.484 e. The molecule has 0 aliphatic carbocycles. The van der Waals surface area contributed by atoms with E-state index >= 15 is 0 Å². The Labute approximate surface area is 186 Å². The van der Waals surface area contributed by atoms with Crippen molar-refractivity contribution in [3.05, 3.63) is 53.1 Å². The van der Waals surface area contributed by atoms with Crippen LogP contribution in [0, 0.1) is 6.92 Å². The Morgan fingerprint density at radius 2 is 1.86 bits per heavy atom. The molecular weight excluding hydrogens is 429 g/mol. The number of aryl methyl sites for hydroxylation is 1. The molecule has 0 saturated carbocycles. The van der Waals surface area contributed by atoms with Crippen molar-refractivity contribution in [1.82, 2.24) is 9.88 Å². The molecule has 1 heterocycles.